The van der Waals surface area contributed by atoms with E-state index in [1.165, 1.54) is 11.7 Å². The summed E-state index contributed by atoms with van der Waals surface area (Å²) in [5.41, 5.74) is 6.00. The standard InChI is InChI=1S/C13H19N4O8P/c1-5-3-17(9-6(5)10(19)16-13(14)15-9)11-8(23-2)7(18)12(25-11)24-4-26(20,21)22/h3,7-8,11-12,18H,4H2,1-2H3,(H2,20,21,22)(H3,14,15,16,19)/t7?,8-,11+,12-/m0/s1. The average Bonchev–Trinajstić information content (AvgIpc) is 3.01. The van der Waals surface area contributed by atoms with Crippen LogP contribution >= 0.6 is 7.60 Å². The lowest BCUT2D eigenvalue weighted by atomic mass is 10.2. The number of nitrogens with two attached hydrogens (primary N) is 1. The Hall–Kier alpha value is -1.79. The lowest BCUT2D eigenvalue weighted by Crippen LogP contribution is -2.34. The molecule has 0 amide bonds. The van der Waals surface area contributed by atoms with Crippen LogP contribution in [0.5, 0.6) is 0 Å². The summed E-state index contributed by atoms with van der Waals surface area (Å²) in [6, 6.07) is 0. The fourth-order valence-corrected chi connectivity index (χ4v) is 3.30. The maximum absolute atomic E-state index is 12.1. The van der Waals surface area contributed by atoms with Crippen LogP contribution in [0.1, 0.15) is 11.8 Å². The first-order chi connectivity index (χ1) is 12.1. The minimum atomic E-state index is -4.45. The average molecular weight is 390 g/mol. The van der Waals surface area contributed by atoms with Crippen LogP contribution in [0.4, 0.5) is 5.95 Å². The van der Waals surface area contributed by atoms with Crippen molar-refractivity contribution in [3.05, 3.63) is 22.1 Å². The molecule has 1 aliphatic heterocycles. The van der Waals surface area contributed by atoms with Gasteiger partial charge in [0.2, 0.25) is 5.95 Å². The number of anilines is 1. The zero-order valence-corrected chi connectivity index (χ0v) is 14.8. The molecule has 1 fully saturated rings. The summed E-state index contributed by atoms with van der Waals surface area (Å²) in [4.78, 5) is 36.5. The molecule has 4 atom stereocenters. The van der Waals surface area contributed by atoms with Gasteiger partial charge in [0.05, 0.1) is 5.39 Å². The Morgan fingerprint density at radius 2 is 2.19 bits per heavy atom. The molecule has 1 saturated heterocycles. The van der Waals surface area contributed by atoms with Gasteiger partial charge >= 0.3 is 7.60 Å². The van der Waals surface area contributed by atoms with Crippen molar-refractivity contribution in [1.29, 1.82) is 0 Å². The summed E-state index contributed by atoms with van der Waals surface area (Å²) in [5.74, 6) is -0.0938. The Labute approximate surface area is 146 Å². The lowest BCUT2D eigenvalue weighted by Gasteiger charge is -2.20. The number of aliphatic hydroxyl groups is 1. The Morgan fingerprint density at radius 1 is 1.50 bits per heavy atom. The summed E-state index contributed by atoms with van der Waals surface area (Å²) in [7, 11) is -3.11. The minimum absolute atomic E-state index is 0.0938. The van der Waals surface area contributed by atoms with Gasteiger partial charge in [-0.05, 0) is 12.5 Å². The number of methoxy groups -OCH3 is 1. The van der Waals surface area contributed by atoms with E-state index in [0.717, 1.165) is 0 Å². The van der Waals surface area contributed by atoms with Gasteiger partial charge in [0.15, 0.2) is 24.5 Å². The predicted molar refractivity (Wildman–Crippen MR) is 88.2 cm³/mol. The van der Waals surface area contributed by atoms with Crippen molar-refractivity contribution in [3.63, 3.8) is 0 Å². The largest absolute Gasteiger partial charge is 0.385 e. The number of fused-ring (bicyclic) bond motifs is 1. The van der Waals surface area contributed by atoms with Gasteiger partial charge in [-0.3, -0.25) is 14.3 Å². The van der Waals surface area contributed by atoms with Crippen molar-refractivity contribution >= 4 is 24.6 Å². The van der Waals surface area contributed by atoms with Crippen LogP contribution in [0.2, 0.25) is 0 Å². The minimum Gasteiger partial charge on any atom is -0.385 e. The van der Waals surface area contributed by atoms with Crippen LogP contribution in [0.25, 0.3) is 11.0 Å². The van der Waals surface area contributed by atoms with Gasteiger partial charge in [0.25, 0.3) is 5.56 Å². The number of H-pyrrole nitrogens is 1. The molecule has 1 unspecified atom stereocenters. The van der Waals surface area contributed by atoms with E-state index in [0.29, 0.717) is 10.9 Å². The molecule has 12 nitrogen and oxygen atoms in total. The Balaban J connectivity index is 1.99. The second kappa shape index (κ2) is 6.74. The summed E-state index contributed by atoms with van der Waals surface area (Å²) < 4.78 is 28.3. The van der Waals surface area contributed by atoms with Gasteiger partial charge in [0, 0.05) is 13.3 Å². The third-order valence-electron chi connectivity index (χ3n) is 4.01. The number of nitrogens with one attached hydrogen (secondary N) is 1. The molecule has 0 radical (unpaired) electrons. The molecule has 1 aliphatic rings. The lowest BCUT2D eigenvalue weighted by molar-refractivity contribution is -0.167. The number of nitrogen functional groups attached to an aromatic ring is 1. The molecule has 13 heteroatoms. The fraction of sp³-hybridized carbons (Fsp3) is 0.538. The highest BCUT2D eigenvalue weighted by Crippen LogP contribution is 2.39. The monoisotopic (exact) mass is 390 g/mol. The molecule has 6 N–H and O–H groups in total. The van der Waals surface area contributed by atoms with Crippen molar-refractivity contribution in [2.75, 3.05) is 19.2 Å². The molecular formula is C13H19N4O8P. The molecule has 144 valence electrons. The van der Waals surface area contributed by atoms with E-state index in [2.05, 4.69) is 9.97 Å². The first-order valence-electron chi connectivity index (χ1n) is 7.52. The molecule has 3 rings (SSSR count). The van der Waals surface area contributed by atoms with Crippen molar-refractivity contribution in [2.45, 2.75) is 31.6 Å². The van der Waals surface area contributed by atoms with E-state index in [1.54, 1.807) is 13.1 Å². The van der Waals surface area contributed by atoms with Gasteiger partial charge in [0.1, 0.15) is 12.2 Å². The molecule has 2 aromatic rings. The van der Waals surface area contributed by atoms with Gasteiger partial charge in [-0.1, -0.05) is 0 Å². The highest BCUT2D eigenvalue weighted by molar-refractivity contribution is 7.51. The number of rotatable bonds is 5. The number of aliphatic hydroxyl groups excluding tert-OH is 1. The SMILES string of the molecule is CO[C@H]1C(O)[C@@H](OCP(=O)(O)O)O[C@H]1n1cc(C)c2c(=O)[nH]c(N)nc21. The maximum Gasteiger partial charge on any atom is 0.351 e. The molecule has 3 heterocycles. The molecule has 0 saturated carbocycles. The van der Waals surface area contributed by atoms with Crippen LogP contribution in [0, 0.1) is 6.92 Å². The number of aromatic nitrogens is 3. The molecule has 2 aromatic heterocycles. The number of aromatic amines is 1. The first-order valence-corrected chi connectivity index (χ1v) is 9.31. The van der Waals surface area contributed by atoms with Gasteiger partial charge in [-0.2, -0.15) is 4.98 Å². The summed E-state index contributed by atoms with van der Waals surface area (Å²) in [6.07, 6.45) is -3.89. The fourth-order valence-electron chi connectivity index (χ4n) is 2.96. The first kappa shape index (κ1) is 19.0. The van der Waals surface area contributed by atoms with Crippen molar-refractivity contribution in [2.24, 2.45) is 0 Å². The van der Waals surface area contributed by atoms with Crippen molar-refractivity contribution in [3.8, 4) is 0 Å². The zero-order chi connectivity index (χ0) is 19.2. The van der Waals surface area contributed by atoms with E-state index in [4.69, 9.17) is 29.7 Å². The van der Waals surface area contributed by atoms with Gasteiger partial charge in [-0.15, -0.1) is 0 Å². The van der Waals surface area contributed by atoms with E-state index in [9.17, 15) is 14.5 Å². The van der Waals surface area contributed by atoms with Crippen LogP contribution in [0.3, 0.4) is 0 Å². The van der Waals surface area contributed by atoms with Crippen molar-refractivity contribution in [1.82, 2.24) is 14.5 Å². The molecule has 0 aromatic carbocycles. The quantitative estimate of drug-likeness (QED) is 0.397. The maximum atomic E-state index is 12.1. The smallest absolute Gasteiger partial charge is 0.351 e. The second-order valence-corrected chi connectivity index (χ2v) is 7.50. The number of ether oxygens (including phenoxy) is 3. The summed E-state index contributed by atoms with van der Waals surface area (Å²) >= 11 is 0. The van der Waals surface area contributed by atoms with Crippen LogP contribution in [0.15, 0.2) is 11.0 Å². The van der Waals surface area contributed by atoms with Gasteiger partial charge < -0.3 is 39.4 Å². The normalized spacial score (nSPS) is 26.7. The third kappa shape index (κ3) is 3.40. The highest BCUT2D eigenvalue weighted by Gasteiger charge is 2.47. The Morgan fingerprint density at radius 3 is 2.81 bits per heavy atom. The summed E-state index contributed by atoms with van der Waals surface area (Å²) in [6.45, 7) is 1.70. The van der Waals surface area contributed by atoms with E-state index >= 15 is 0 Å². The molecular weight excluding hydrogens is 371 g/mol. The van der Waals surface area contributed by atoms with Crippen molar-refractivity contribution < 1.29 is 33.7 Å². The second-order valence-electron chi connectivity index (χ2n) is 5.92. The van der Waals surface area contributed by atoms with Crippen LogP contribution in [-0.4, -0.2) is 61.4 Å². The number of hydrogen-bond donors (Lipinski definition) is 5. The van der Waals surface area contributed by atoms with E-state index < -0.39 is 44.2 Å². The van der Waals surface area contributed by atoms with E-state index in [1.807, 2.05) is 0 Å². The number of aryl methyl sites for hydroxylation is 1. The predicted octanol–water partition coefficient (Wildman–Crippen LogP) is -1.00. The highest BCUT2D eigenvalue weighted by atomic mass is 31.2. The van der Waals surface area contributed by atoms with Gasteiger partial charge in [-0.25, -0.2) is 0 Å². The molecule has 0 aliphatic carbocycles. The zero-order valence-electron chi connectivity index (χ0n) is 13.9. The van der Waals surface area contributed by atoms with E-state index in [-0.39, 0.29) is 11.6 Å². The number of hydrogen-bond acceptors (Lipinski definition) is 8. The number of nitrogens with zero attached hydrogens (tertiary/aromatic N) is 2. The Bertz CT molecular complexity index is 921. The topological polar surface area (TPSA) is 182 Å². The molecule has 0 bridgehead atoms. The van der Waals surface area contributed by atoms with Crippen LogP contribution < -0.4 is 11.3 Å². The molecule has 26 heavy (non-hydrogen) atoms. The van der Waals surface area contributed by atoms with Crippen LogP contribution in [-0.2, 0) is 18.8 Å². The molecule has 0 spiro atoms. The summed E-state index contributed by atoms with van der Waals surface area (Å²) in [5, 5.41) is 10.6. The third-order valence-corrected chi connectivity index (χ3v) is 4.50. The Kier molecular flexibility index (Phi) is 4.92.